The standard InChI is InChI=1S/C21H18ClF2N3O5S/c1-27-17(28)11-16(18(29)25-13-7-9-15(10-8-13)32-21(22,23)24)33-20(27)26-14-5-3-12(4-6-14)19(30)31-2/h3-10,16H,11H2,1-2H3,(H,25,29). The van der Waals surface area contributed by atoms with E-state index in [-0.39, 0.29) is 18.1 Å². The van der Waals surface area contributed by atoms with Gasteiger partial charge >= 0.3 is 11.5 Å². The lowest BCUT2D eigenvalue weighted by Crippen LogP contribution is -2.43. The lowest BCUT2D eigenvalue weighted by molar-refractivity contribution is -0.128. The molecule has 2 aromatic carbocycles. The predicted molar refractivity (Wildman–Crippen MR) is 120 cm³/mol. The van der Waals surface area contributed by atoms with Gasteiger partial charge in [0, 0.05) is 30.8 Å². The van der Waals surface area contributed by atoms with Crippen LogP contribution in [0, 0.1) is 0 Å². The highest BCUT2D eigenvalue weighted by Gasteiger charge is 2.34. The summed E-state index contributed by atoms with van der Waals surface area (Å²) in [6, 6.07) is 11.5. The van der Waals surface area contributed by atoms with E-state index in [2.05, 4.69) is 19.8 Å². The van der Waals surface area contributed by atoms with Gasteiger partial charge in [-0.05, 0) is 48.5 Å². The Kier molecular flexibility index (Phi) is 7.54. The third-order valence-electron chi connectivity index (χ3n) is 4.43. The molecule has 0 aromatic heterocycles. The molecule has 12 heteroatoms. The van der Waals surface area contributed by atoms with Gasteiger partial charge in [-0.3, -0.25) is 14.5 Å². The molecule has 1 saturated heterocycles. The Labute approximate surface area is 196 Å². The summed E-state index contributed by atoms with van der Waals surface area (Å²) < 4.78 is 34.3. The molecule has 1 aliphatic rings. The van der Waals surface area contributed by atoms with Gasteiger partial charge in [-0.2, -0.15) is 0 Å². The molecule has 0 spiro atoms. The van der Waals surface area contributed by atoms with E-state index in [4.69, 9.17) is 11.6 Å². The summed E-state index contributed by atoms with van der Waals surface area (Å²) in [5.74, 6) is -1.41. The first kappa shape index (κ1) is 24.5. The fourth-order valence-electron chi connectivity index (χ4n) is 2.76. The van der Waals surface area contributed by atoms with E-state index in [0.717, 1.165) is 11.8 Å². The number of benzene rings is 2. The number of carbonyl (C=O) groups is 3. The van der Waals surface area contributed by atoms with E-state index in [1.165, 1.54) is 48.4 Å². The molecule has 0 saturated carbocycles. The van der Waals surface area contributed by atoms with Crippen molar-refractivity contribution in [3.05, 3.63) is 54.1 Å². The first-order valence-corrected chi connectivity index (χ1v) is 10.7. The number of amidine groups is 1. The number of rotatable bonds is 6. The number of nitrogens with one attached hydrogen (secondary N) is 1. The molecule has 33 heavy (non-hydrogen) atoms. The molecule has 1 atom stereocenters. The molecular formula is C21H18ClF2N3O5S. The Balaban J connectivity index is 1.70. The molecule has 1 N–H and O–H groups in total. The third-order valence-corrected chi connectivity index (χ3v) is 5.75. The SMILES string of the molecule is COC(=O)c1ccc(N=C2SC(C(=O)Nc3ccc(OC(F)(F)Cl)cc3)CC(=O)N2C)cc1. The smallest absolute Gasteiger partial charge is 0.465 e. The van der Waals surface area contributed by atoms with Crippen LogP contribution in [-0.2, 0) is 14.3 Å². The summed E-state index contributed by atoms with van der Waals surface area (Å²) >= 11 is 5.82. The van der Waals surface area contributed by atoms with Gasteiger partial charge in [0.25, 0.3) is 0 Å². The number of amides is 2. The van der Waals surface area contributed by atoms with E-state index in [1.54, 1.807) is 19.2 Å². The van der Waals surface area contributed by atoms with Crippen LogP contribution in [0.3, 0.4) is 0 Å². The highest BCUT2D eigenvalue weighted by atomic mass is 35.5. The Bertz CT molecular complexity index is 1070. The number of anilines is 1. The molecule has 174 valence electrons. The number of carbonyl (C=O) groups excluding carboxylic acids is 3. The summed E-state index contributed by atoms with van der Waals surface area (Å²) in [6.45, 7) is 0. The number of hydrogen-bond acceptors (Lipinski definition) is 7. The minimum absolute atomic E-state index is 0.0486. The normalized spacial score (nSPS) is 17.6. The van der Waals surface area contributed by atoms with E-state index in [1.807, 2.05) is 0 Å². The summed E-state index contributed by atoms with van der Waals surface area (Å²) in [5, 5.41) is 2.19. The van der Waals surface area contributed by atoms with E-state index in [9.17, 15) is 23.2 Å². The summed E-state index contributed by atoms with van der Waals surface area (Å²) in [5.41, 5.74) is -2.68. The van der Waals surface area contributed by atoms with Gasteiger partial charge in [-0.25, -0.2) is 9.79 Å². The Morgan fingerprint density at radius 2 is 1.82 bits per heavy atom. The maximum absolute atomic E-state index is 12.7. The Hall–Kier alpha value is -3.18. The number of halogens is 3. The van der Waals surface area contributed by atoms with Crippen molar-refractivity contribution in [2.24, 2.45) is 4.99 Å². The number of methoxy groups -OCH3 is 1. The van der Waals surface area contributed by atoms with E-state index >= 15 is 0 Å². The van der Waals surface area contributed by atoms with Crippen LogP contribution >= 0.6 is 23.4 Å². The number of aliphatic imine (C=N–C) groups is 1. The summed E-state index contributed by atoms with van der Waals surface area (Å²) in [7, 11) is 2.83. The minimum atomic E-state index is -3.84. The van der Waals surface area contributed by atoms with E-state index < -0.39 is 22.7 Å². The van der Waals surface area contributed by atoms with Crippen molar-refractivity contribution >= 4 is 57.7 Å². The zero-order valence-electron chi connectivity index (χ0n) is 17.4. The first-order valence-electron chi connectivity index (χ1n) is 9.42. The fourth-order valence-corrected chi connectivity index (χ4v) is 3.91. The van der Waals surface area contributed by atoms with Crippen LogP contribution in [0.4, 0.5) is 20.2 Å². The number of thioether (sulfide) groups is 1. The molecule has 1 heterocycles. The highest BCUT2D eigenvalue weighted by Crippen LogP contribution is 2.30. The average molecular weight is 498 g/mol. The number of alkyl halides is 3. The van der Waals surface area contributed by atoms with Gasteiger partial charge in [-0.1, -0.05) is 11.8 Å². The summed E-state index contributed by atoms with van der Waals surface area (Å²) in [6.07, 6.45) is -0.0486. The van der Waals surface area contributed by atoms with Crippen LogP contribution in [0.25, 0.3) is 0 Å². The molecule has 0 bridgehead atoms. The van der Waals surface area contributed by atoms with Crippen molar-refractivity contribution in [2.45, 2.75) is 17.2 Å². The van der Waals surface area contributed by atoms with Gasteiger partial charge in [-0.15, -0.1) is 8.78 Å². The molecule has 1 aliphatic heterocycles. The van der Waals surface area contributed by atoms with Gasteiger partial charge < -0.3 is 14.8 Å². The molecular weight excluding hydrogens is 480 g/mol. The van der Waals surface area contributed by atoms with Crippen molar-refractivity contribution in [2.75, 3.05) is 19.5 Å². The lowest BCUT2D eigenvalue weighted by atomic mass is 10.2. The van der Waals surface area contributed by atoms with Crippen molar-refractivity contribution in [3.63, 3.8) is 0 Å². The molecule has 2 aromatic rings. The maximum Gasteiger partial charge on any atom is 0.487 e. The molecule has 8 nitrogen and oxygen atoms in total. The van der Waals surface area contributed by atoms with Crippen molar-refractivity contribution < 1.29 is 32.6 Å². The Morgan fingerprint density at radius 1 is 1.18 bits per heavy atom. The molecule has 1 fully saturated rings. The van der Waals surface area contributed by atoms with Gasteiger partial charge in [0.05, 0.1) is 18.4 Å². The zero-order chi connectivity index (χ0) is 24.2. The largest absolute Gasteiger partial charge is 0.487 e. The second kappa shape index (κ2) is 10.2. The number of esters is 1. The lowest BCUT2D eigenvalue weighted by Gasteiger charge is -2.28. The number of nitrogens with zero attached hydrogens (tertiary/aromatic N) is 2. The minimum Gasteiger partial charge on any atom is -0.465 e. The second-order valence-electron chi connectivity index (χ2n) is 6.76. The van der Waals surface area contributed by atoms with Gasteiger partial charge in [0.1, 0.15) is 11.0 Å². The van der Waals surface area contributed by atoms with Crippen LogP contribution in [0.5, 0.6) is 5.75 Å². The zero-order valence-corrected chi connectivity index (χ0v) is 19.0. The van der Waals surface area contributed by atoms with Gasteiger partial charge in [0.15, 0.2) is 5.17 Å². The van der Waals surface area contributed by atoms with E-state index in [0.29, 0.717) is 22.1 Å². The van der Waals surface area contributed by atoms with Crippen LogP contribution < -0.4 is 10.1 Å². The second-order valence-corrected chi connectivity index (χ2v) is 8.37. The van der Waals surface area contributed by atoms with Gasteiger partial charge in [0.2, 0.25) is 11.8 Å². The van der Waals surface area contributed by atoms with Crippen molar-refractivity contribution in [1.29, 1.82) is 0 Å². The molecule has 0 radical (unpaired) electrons. The molecule has 1 unspecified atom stereocenters. The van der Waals surface area contributed by atoms with Crippen LogP contribution in [-0.4, -0.2) is 52.8 Å². The first-order chi connectivity index (χ1) is 15.6. The molecule has 0 aliphatic carbocycles. The topological polar surface area (TPSA) is 97.3 Å². The van der Waals surface area contributed by atoms with Crippen molar-refractivity contribution in [1.82, 2.24) is 4.90 Å². The number of ether oxygens (including phenoxy) is 2. The monoisotopic (exact) mass is 497 g/mol. The predicted octanol–water partition coefficient (Wildman–Crippen LogP) is 4.23. The third kappa shape index (κ3) is 6.65. The summed E-state index contributed by atoms with van der Waals surface area (Å²) in [4.78, 5) is 42.4. The number of hydrogen-bond donors (Lipinski definition) is 1. The average Bonchev–Trinajstić information content (AvgIpc) is 2.77. The highest BCUT2D eigenvalue weighted by molar-refractivity contribution is 8.15. The van der Waals surface area contributed by atoms with Crippen LogP contribution in [0.1, 0.15) is 16.8 Å². The Morgan fingerprint density at radius 3 is 2.39 bits per heavy atom. The molecule has 2 amide bonds. The van der Waals surface area contributed by atoms with Crippen LogP contribution in [0.2, 0.25) is 0 Å². The molecule has 3 rings (SSSR count). The van der Waals surface area contributed by atoms with Crippen LogP contribution in [0.15, 0.2) is 53.5 Å². The fraction of sp³-hybridized carbons (Fsp3) is 0.238. The quantitative estimate of drug-likeness (QED) is 0.474. The van der Waals surface area contributed by atoms with Crippen molar-refractivity contribution in [3.8, 4) is 5.75 Å². The maximum atomic E-state index is 12.7.